The van der Waals surface area contributed by atoms with Crippen molar-refractivity contribution in [1.29, 1.82) is 0 Å². The van der Waals surface area contributed by atoms with E-state index < -0.39 is 17.8 Å². The Labute approximate surface area is 92.1 Å². The molecule has 16 heavy (non-hydrogen) atoms. The number of aliphatic hydroxyl groups excluding tert-OH is 1. The third-order valence-corrected chi connectivity index (χ3v) is 2.31. The maximum Gasteiger partial charge on any atom is 0.416 e. The Morgan fingerprint density at radius 3 is 2.38 bits per heavy atom. The highest BCUT2D eigenvalue weighted by Crippen LogP contribution is 2.30. The number of aliphatic hydroxyl groups is 1. The fourth-order valence-corrected chi connectivity index (χ4v) is 1.17. The molecule has 2 N–H and O–H groups in total. The third kappa shape index (κ3) is 3.41. The molecule has 0 aliphatic heterocycles. The molecule has 0 bridgehead atoms. The fraction of sp³-hybridized carbons (Fsp3) is 0.455. The minimum absolute atomic E-state index is 0.302. The second kappa shape index (κ2) is 4.74. The van der Waals surface area contributed by atoms with E-state index in [9.17, 15) is 18.3 Å². The predicted molar refractivity (Wildman–Crippen MR) is 56.2 cm³/mol. The zero-order valence-corrected chi connectivity index (χ0v) is 9.05. The molecule has 1 rings (SSSR count). The summed E-state index contributed by atoms with van der Waals surface area (Å²) in [6, 6.07) is 4.61. The van der Waals surface area contributed by atoms with Crippen LogP contribution in [0.2, 0.25) is 0 Å². The van der Waals surface area contributed by atoms with Crippen molar-refractivity contribution in [2.24, 2.45) is 0 Å². The Kier molecular flexibility index (Phi) is 3.80. The lowest BCUT2D eigenvalue weighted by Gasteiger charge is -2.18. The maximum absolute atomic E-state index is 12.4. The van der Waals surface area contributed by atoms with E-state index in [1.165, 1.54) is 12.1 Å². The number of rotatable bonds is 3. The highest BCUT2D eigenvalue weighted by Gasteiger charge is 2.30. The van der Waals surface area contributed by atoms with Crippen LogP contribution in [0.5, 0.6) is 0 Å². The van der Waals surface area contributed by atoms with Crippen LogP contribution < -0.4 is 5.32 Å². The normalized spacial score (nSPS) is 15.6. The van der Waals surface area contributed by atoms with Crippen molar-refractivity contribution in [3.63, 3.8) is 0 Å². The molecule has 90 valence electrons. The Balaban J connectivity index is 2.83. The van der Waals surface area contributed by atoms with Crippen LogP contribution in [0.25, 0.3) is 0 Å². The molecule has 0 aliphatic rings. The minimum atomic E-state index is -4.34. The maximum atomic E-state index is 12.4. The number of hydrogen-bond acceptors (Lipinski definition) is 2. The lowest BCUT2D eigenvalue weighted by Crippen LogP contribution is -2.27. The van der Waals surface area contributed by atoms with Gasteiger partial charge in [0.2, 0.25) is 0 Å². The van der Waals surface area contributed by atoms with Gasteiger partial charge in [-0.2, -0.15) is 13.2 Å². The SMILES string of the molecule is C[C@@H](O)[C@@H](C)Nc1cccc(C(F)(F)F)c1. The summed E-state index contributed by atoms with van der Waals surface area (Å²) in [4.78, 5) is 0. The van der Waals surface area contributed by atoms with Crippen molar-refractivity contribution in [3.8, 4) is 0 Å². The van der Waals surface area contributed by atoms with Crippen LogP contribution in [0.4, 0.5) is 18.9 Å². The number of nitrogens with one attached hydrogen (secondary N) is 1. The molecule has 1 aromatic carbocycles. The number of alkyl halides is 3. The summed E-state index contributed by atoms with van der Waals surface area (Å²) in [7, 11) is 0. The van der Waals surface area contributed by atoms with Gasteiger partial charge in [0.15, 0.2) is 0 Å². The van der Waals surface area contributed by atoms with Gasteiger partial charge in [-0.1, -0.05) is 6.07 Å². The van der Waals surface area contributed by atoms with E-state index in [-0.39, 0.29) is 6.04 Å². The van der Waals surface area contributed by atoms with E-state index in [4.69, 9.17) is 0 Å². The lowest BCUT2D eigenvalue weighted by molar-refractivity contribution is -0.137. The van der Waals surface area contributed by atoms with Crippen molar-refractivity contribution in [1.82, 2.24) is 0 Å². The van der Waals surface area contributed by atoms with Gasteiger partial charge in [0.25, 0.3) is 0 Å². The third-order valence-electron chi connectivity index (χ3n) is 2.31. The summed E-state index contributed by atoms with van der Waals surface area (Å²) in [5.41, 5.74) is -0.349. The van der Waals surface area contributed by atoms with Crippen LogP contribution in [0.15, 0.2) is 24.3 Å². The second-order valence-electron chi connectivity index (χ2n) is 3.75. The average molecular weight is 233 g/mol. The first-order valence-corrected chi connectivity index (χ1v) is 4.92. The molecule has 0 spiro atoms. The van der Waals surface area contributed by atoms with E-state index in [2.05, 4.69) is 5.32 Å². The molecule has 0 amide bonds. The quantitative estimate of drug-likeness (QED) is 0.841. The molecule has 2 nitrogen and oxygen atoms in total. The van der Waals surface area contributed by atoms with Gasteiger partial charge in [0, 0.05) is 11.7 Å². The first-order chi connectivity index (χ1) is 7.30. The molecule has 0 aromatic heterocycles. The number of benzene rings is 1. The smallest absolute Gasteiger partial charge is 0.391 e. The van der Waals surface area contributed by atoms with Gasteiger partial charge in [-0.05, 0) is 32.0 Å². The van der Waals surface area contributed by atoms with Crippen molar-refractivity contribution in [2.75, 3.05) is 5.32 Å². The van der Waals surface area contributed by atoms with Gasteiger partial charge in [0.05, 0.1) is 11.7 Å². The van der Waals surface area contributed by atoms with Gasteiger partial charge in [0.1, 0.15) is 0 Å². The van der Waals surface area contributed by atoms with Gasteiger partial charge in [-0.15, -0.1) is 0 Å². The van der Waals surface area contributed by atoms with E-state index >= 15 is 0 Å². The molecular weight excluding hydrogens is 219 g/mol. The Morgan fingerprint density at radius 1 is 1.25 bits per heavy atom. The van der Waals surface area contributed by atoms with Crippen molar-refractivity contribution in [3.05, 3.63) is 29.8 Å². The number of hydrogen-bond donors (Lipinski definition) is 2. The van der Waals surface area contributed by atoms with Crippen molar-refractivity contribution < 1.29 is 18.3 Å². The van der Waals surface area contributed by atoms with Crippen LogP contribution in [0.3, 0.4) is 0 Å². The largest absolute Gasteiger partial charge is 0.416 e. The summed E-state index contributed by atoms with van der Waals surface area (Å²) < 4.78 is 37.2. The molecule has 5 heteroatoms. The molecule has 0 saturated heterocycles. The van der Waals surface area contributed by atoms with E-state index in [1.54, 1.807) is 13.8 Å². The molecule has 0 unspecified atom stereocenters. The van der Waals surface area contributed by atoms with E-state index in [1.807, 2.05) is 0 Å². The molecule has 0 radical (unpaired) electrons. The first-order valence-electron chi connectivity index (χ1n) is 4.92. The zero-order chi connectivity index (χ0) is 12.3. The minimum Gasteiger partial charge on any atom is -0.391 e. The molecular formula is C11H14F3NO. The van der Waals surface area contributed by atoms with E-state index in [0.717, 1.165) is 12.1 Å². The van der Waals surface area contributed by atoms with Gasteiger partial charge >= 0.3 is 6.18 Å². The standard InChI is InChI=1S/C11H14F3NO/c1-7(8(2)16)15-10-5-3-4-9(6-10)11(12,13)14/h3-8,15-16H,1-2H3/t7-,8-/m1/s1. The van der Waals surface area contributed by atoms with Crippen LogP contribution in [0, 0.1) is 0 Å². The fourth-order valence-electron chi connectivity index (χ4n) is 1.17. The molecule has 1 aromatic rings. The zero-order valence-electron chi connectivity index (χ0n) is 9.05. The summed E-state index contributed by atoms with van der Waals surface area (Å²) in [6.45, 7) is 3.27. The van der Waals surface area contributed by atoms with Crippen LogP contribution in [0.1, 0.15) is 19.4 Å². The number of anilines is 1. The van der Waals surface area contributed by atoms with Crippen LogP contribution in [-0.4, -0.2) is 17.3 Å². The topological polar surface area (TPSA) is 32.3 Å². The van der Waals surface area contributed by atoms with E-state index in [0.29, 0.717) is 5.69 Å². The van der Waals surface area contributed by atoms with Crippen LogP contribution in [-0.2, 0) is 6.18 Å². The highest BCUT2D eigenvalue weighted by molar-refractivity contribution is 5.47. The second-order valence-corrected chi connectivity index (χ2v) is 3.75. The summed E-state index contributed by atoms with van der Waals surface area (Å²) in [6.07, 6.45) is -4.97. The monoisotopic (exact) mass is 233 g/mol. The Morgan fingerprint density at radius 2 is 1.88 bits per heavy atom. The molecule has 0 heterocycles. The molecule has 0 aliphatic carbocycles. The molecule has 0 fully saturated rings. The molecule has 0 saturated carbocycles. The van der Waals surface area contributed by atoms with Gasteiger partial charge < -0.3 is 10.4 Å². The van der Waals surface area contributed by atoms with Gasteiger partial charge in [-0.25, -0.2) is 0 Å². The Hall–Kier alpha value is -1.23. The van der Waals surface area contributed by atoms with Crippen LogP contribution >= 0.6 is 0 Å². The summed E-state index contributed by atoms with van der Waals surface area (Å²) in [5.74, 6) is 0. The predicted octanol–water partition coefficient (Wildman–Crippen LogP) is 2.89. The summed E-state index contributed by atoms with van der Waals surface area (Å²) in [5, 5.41) is 12.0. The van der Waals surface area contributed by atoms with Gasteiger partial charge in [-0.3, -0.25) is 0 Å². The van der Waals surface area contributed by atoms with Crippen molar-refractivity contribution in [2.45, 2.75) is 32.2 Å². The summed E-state index contributed by atoms with van der Waals surface area (Å²) >= 11 is 0. The number of halogens is 3. The van der Waals surface area contributed by atoms with Crippen molar-refractivity contribution >= 4 is 5.69 Å². The molecule has 2 atom stereocenters. The lowest BCUT2D eigenvalue weighted by atomic mass is 10.1. The first kappa shape index (κ1) is 12.8. The Bertz CT molecular complexity index is 349. The average Bonchev–Trinajstić information content (AvgIpc) is 2.16. The highest BCUT2D eigenvalue weighted by atomic mass is 19.4.